The van der Waals surface area contributed by atoms with Gasteiger partial charge in [0.1, 0.15) is 0 Å². The van der Waals surface area contributed by atoms with Crippen molar-refractivity contribution in [3.8, 4) is 5.75 Å². The number of imide groups is 1. The van der Waals surface area contributed by atoms with Crippen LogP contribution in [0.4, 0.5) is 4.79 Å². The summed E-state index contributed by atoms with van der Waals surface area (Å²) in [5.74, 6) is -0.856. The van der Waals surface area contributed by atoms with Crippen molar-refractivity contribution in [2.45, 2.75) is 0 Å². The van der Waals surface area contributed by atoms with Crippen molar-refractivity contribution >= 4 is 58.2 Å². The molecule has 0 radical (unpaired) electrons. The molecular formula is C16H13Cl2NO5S. The summed E-state index contributed by atoms with van der Waals surface area (Å²) in [6, 6.07) is 3.03. The summed E-state index contributed by atoms with van der Waals surface area (Å²) in [7, 11) is 1.23. The SMILES string of the molecule is C=CCN1C(=O)S/C(=C\c2cc(Cl)c(OCC(=O)OC)c(Cl)c2)C1=O. The van der Waals surface area contributed by atoms with Gasteiger partial charge in [-0.25, -0.2) is 4.79 Å². The number of halogens is 2. The number of esters is 1. The number of amides is 2. The van der Waals surface area contributed by atoms with Crippen LogP contribution in [0.2, 0.25) is 10.0 Å². The van der Waals surface area contributed by atoms with Gasteiger partial charge in [0.2, 0.25) is 0 Å². The van der Waals surface area contributed by atoms with E-state index in [1.807, 2.05) is 0 Å². The van der Waals surface area contributed by atoms with Crippen LogP contribution in [-0.2, 0) is 14.3 Å². The minimum absolute atomic E-state index is 0.130. The lowest BCUT2D eigenvalue weighted by Gasteiger charge is -2.10. The second-order valence-electron chi connectivity index (χ2n) is 4.76. The summed E-state index contributed by atoms with van der Waals surface area (Å²) in [5, 5.41) is -0.0488. The zero-order valence-electron chi connectivity index (χ0n) is 13.1. The van der Waals surface area contributed by atoms with Crippen LogP contribution >= 0.6 is 35.0 Å². The molecule has 0 aromatic heterocycles. The van der Waals surface area contributed by atoms with E-state index in [4.69, 9.17) is 27.9 Å². The maximum absolute atomic E-state index is 12.2. The topological polar surface area (TPSA) is 72.9 Å². The minimum atomic E-state index is -0.577. The maximum Gasteiger partial charge on any atom is 0.343 e. The van der Waals surface area contributed by atoms with Crippen molar-refractivity contribution in [3.05, 3.63) is 45.3 Å². The Kier molecular flexibility index (Phi) is 6.52. The number of carbonyl (C=O) groups is 3. The van der Waals surface area contributed by atoms with Crippen molar-refractivity contribution in [1.29, 1.82) is 0 Å². The second-order valence-corrected chi connectivity index (χ2v) is 6.57. The molecule has 0 saturated carbocycles. The zero-order chi connectivity index (χ0) is 18.6. The number of benzene rings is 1. The quantitative estimate of drug-likeness (QED) is 0.410. The summed E-state index contributed by atoms with van der Waals surface area (Å²) in [6.07, 6.45) is 2.98. The van der Waals surface area contributed by atoms with Crippen LogP contribution in [-0.4, -0.2) is 42.3 Å². The molecule has 25 heavy (non-hydrogen) atoms. The van der Waals surface area contributed by atoms with Crippen LogP contribution in [0.5, 0.6) is 5.75 Å². The van der Waals surface area contributed by atoms with Gasteiger partial charge in [0.25, 0.3) is 11.1 Å². The first-order chi connectivity index (χ1) is 11.9. The average molecular weight is 402 g/mol. The van der Waals surface area contributed by atoms with E-state index in [9.17, 15) is 14.4 Å². The van der Waals surface area contributed by atoms with Gasteiger partial charge in [-0.15, -0.1) is 6.58 Å². The number of carbonyl (C=O) groups excluding carboxylic acids is 3. The van der Waals surface area contributed by atoms with Gasteiger partial charge in [0.05, 0.1) is 22.1 Å². The molecule has 1 fully saturated rings. The molecule has 1 aliphatic heterocycles. The third-order valence-electron chi connectivity index (χ3n) is 3.07. The second kappa shape index (κ2) is 8.42. The Hall–Kier alpha value is -1.96. The highest BCUT2D eigenvalue weighted by Crippen LogP contribution is 2.37. The number of rotatable bonds is 6. The van der Waals surface area contributed by atoms with Crippen molar-refractivity contribution in [2.75, 3.05) is 20.3 Å². The molecule has 0 N–H and O–H groups in total. The highest BCUT2D eigenvalue weighted by atomic mass is 35.5. The molecule has 0 bridgehead atoms. The number of hydrogen-bond acceptors (Lipinski definition) is 6. The standard InChI is InChI=1S/C16H13Cl2NO5S/c1-3-4-19-15(21)12(25-16(19)22)7-9-5-10(17)14(11(18)6-9)24-8-13(20)23-2/h3,5-7H,1,4,8H2,2H3/b12-7-. The predicted molar refractivity (Wildman–Crippen MR) is 96.8 cm³/mol. The summed E-state index contributed by atoms with van der Waals surface area (Å²) in [6.45, 7) is 3.32. The third-order valence-corrected chi connectivity index (χ3v) is 4.53. The number of ether oxygens (including phenoxy) is 2. The van der Waals surface area contributed by atoms with Crippen LogP contribution < -0.4 is 4.74 Å². The van der Waals surface area contributed by atoms with E-state index < -0.39 is 11.9 Å². The number of hydrogen-bond donors (Lipinski definition) is 0. The lowest BCUT2D eigenvalue weighted by Crippen LogP contribution is -2.27. The fraction of sp³-hybridized carbons (Fsp3) is 0.188. The van der Waals surface area contributed by atoms with Gasteiger partial charge in [-0.3, -0.25) is 14.5 Å². The molecule has 0 atom stereocenters. The third kappa shape index (κ3) is 4.56. The first kappa shape index (κ1) is 19.4. The Balaban J connectivity index is 2.24. The molecule has 6 nitrogen and oxygen atoms in total. The Labute approximate surface area is 158 Å². The van der Waals surface area contributed by atoms with Gasteiger partial charge >= 0.3 is 5.97 Å². The van der Waals surface area contributed by atoms with E-state index in [0.717, 1.165) is 16.7 Å². The number of nitrogens with zero attached hydrogens (tertiary/aromatic N) is 1. The molecule has 132 valence electrons. The van der Waals surface area contributed by atoms with Crippen LogP contribution in [0, 0.1) is 0 Å². The average Bonchev–Trinajstić information content (AvgIpc) is 2.81. The van der Waals surface area contributed by atoms with Crippen molar-refractivity contribution in [2.24, 2.45) is 0 Å². The van der Waals surface area contributed by atoms with Gasteiger partial charge in [-0.1, -0.05) is 29.3 Å². The van der Waals surface area contributed by atoms with Crippen LogP contribution in [0.25, 0.3) is 6.08 Å². The molecule has 1 saturated heterocycles. The van der Waals surface area contributed by atoms with Gasteiger partial charge in [-0.05, 0) is 35.5 Å². The summed E-state index contributed by atoms with van der Waals surface area (Å²) < 4.78 is 9.70. The van der Waals surface area contributed by atoms with Crippen LogP contribution in [0.15, 0.2) is 29.7 Å². The fourth-order valence-corrected chi connectivity index (χ4v) is 3.39. The Bertz CT molecular complexity index is 755. The smallest absolute Gasteiger partial charge is 0.343 e. The lowest BCUT2D eigenvalue weighted by molar-refractivity contribution is -0.142. The van der Waals surface area contributed by atoms with Crippen LogP contribution in [0.1, 0.15) is 5.56 Å². The summed E-state index contributed by atoms with van der Waals surface area (Å²) >= 11 is 13.1. The van der Waals surface area contributed by atoms with E-state index in [0.29, 0.717) is 5.56 Å². The lowest BCUT2D eigenvalue weighted by atomic mass is 10.2. The van der Waals surface area contributed by atoms with E-state index in [1.54, 1.807) is 0 Å². The predicted octanol–water partition coefficient (Wildman–Crippen LogP) is 3.77. The number of methoxy groups -OCH3 is 1. The molecule has 2 amide bonds. The van der Waals surface area contributed by atoms with Crippen molar-refractivity contribution in [1.82, 2.24) is 4.90 Å². The molecule has 1 heterocycles. The highest BCUT2D eigenvalue weighted by molar-refractivity contribution is 8.18. The monoisotopic (exact) mass is 401 g/mol. The van der Waals surface area contributed by atoms with Gasteiger partial charge in [-0.2, -0.15) is 0 Å². The molecule has 2 rings (SSSR count). The van der Waals surface area contributed by atoms with E-state index >= 15 is 0 Å². The Morgan fingerprint density at radius 2 is 1.96 bits per heavy atom. The molecule has 0 spiro atoms. The normalized spacial score (nSPS) is 15.6. The first-order valence-corrected chi connectivity index (χ1v) is 8.49. The molecule has 0 unspecified atom stereocenters. The zero-order valence-corrected chi connectivity index (χ0v) is 15.4. The van der Waals surface area contributed by atoms with Crippen LogP contribution in [0.3, 0.4) is 0 Å². The largest absolute Gasteiger partial charge is 0.479 e. The molecule has 1 aromatic rings. The van der Waals surface area contributed by atoms with Crippen molar-refractivity contribution in [3.63, 3.8) is 0 Å². The summed E-state index contributed by atoms with van der Waals surface area (Å²) in [5.41, 5.74) is 0.518. The van der Waals surface area contributed by atoms with Gasteiger partial charge in [0, 0.05) is 6.54 Å². The first-order valence-electron chi connectivity index (χ1n) is 6.92. The Morgan fingerprint density at radius 3 is 2.52 bits per heavy atom. The molecule has 1 aromatic carbocycles. The Morgan fingerprint density at radius 1 is 1.32 bits per heavy atom. The molecule has 1 aliphatic rings. The van der Waals surface area contributed by atoms with E-state index in [-0.39, 0.29) is 39.1 Å². The number of thioether (sulfide) groups is 1. The fourth-order valence-electron chi connectivity index (χ4n) is 1.93. The minimum Gasteiger partial charge on any atom is -0.479 e. The molecular weight excluding hydrogens is 389 g/mol. The van der Waals surface area contributed by atoms with Gasteiger partial charge in [0.15, 0.2) is 12.4 Å². The van der Waals surface area contributed by atoms with E-state index in [1.165, 1.54) is 31.4 Å². The maximum atomic E-state index is 12.2. The van der Waals surface area contributed by atoms with E-state index in [2.05, 4.69) is 11.3 Å². The molecule has 9 heteroatoms. The molecule has 0 aliphatic carbocycles. The highest BCUT2D eigenvalue weighted by Gasteiger charge is 2.34. The summed E-state index contributed by atoms with van der Waals surface area (Å²) in [4.78, 5) is 36.5. The van der Waals surface area contributed by atoms with Crippen molar-refractivity contribution < 1.29 is 23.9 Å². The van der Waals surface area contributed by atoms with Gasteiger partial charge < -0.3 is 9.47 Å².